The average Bonchev–Trinajstić information content (AvgIpc) is 3.37. The summed E-state index contributed by atoms with van der Waals surface area (Å²) in [5.74, 6) is -0.0884. The van der Waals surface area contributed by atoms with Crippen LogP contribution in [0.4, 0.5) is 13.2 Å². The summed E-state index contributed by atoms with van der Waals surface area (Å²) < 4.78 is 47.5. The van der Waals surface area contributed by atoms with Gasteiger partial charge in [-0.15, -0.1) is 0 Å². The maximum atomic E-state index is 14.2. The molecule has 0 fully saturated rings. The van der Waals surface area contributed by atoms with Crippen LogP contribution in [-0.4, -0.2) is 43.1 Å². The first-order chi connectivity index (χ1) is 15.6. The molecule has 2 aliphatic rings. The Morgan fingerprint density at radius 2 is 1.88 bits per heavy atom. The van der Waals surface area contributed by atoms with Gasteiger partial charge in [0, 0.05) is 47.9 Å². The molecule has 0 aliphatic carbocycles. The van der Waals surface area contributed by atoms with E-state index in [1.54, 1.807) is 30.2 Å². The van der Waals surface area contributed by atoms with Gasteiger partial charge in [-0.3, -0.25) is 4.79 Å². The molecule has 2 aliphatic heterocycles. The van der Waals surface area contributed by atoms with Crippen LogP contribution >= 0.6 is 23.2 Å². The van der Waals surface area contributed by atoms with Gasteiger partial charge in [0.05, 0.1) is 13.0 Å². The van der Waals surface area contributed by atoms with Crippen molar-refractivity contribution in [1.82, 2.24) is 10.2 Å². The molecule has 1 amide bonds. The second-order valence-electron chi connectivity index (χ2n) is 7.85. The number of amides is 1. The van der Waals surface area contributed by atoms with Gasteiger partial charge < -0.3 is 19.8 Å². The molecule has 0 saturated heterocycles. The highest BCUT2D eigenvalue weighted by Gasteiger charge is 2.63. The van der Waals surface area contributed by atoms with Crippen molar-refractivity contribution < 1.29 is 27.5 Å². The third-order valence-corrected chi connectivity index (χ3v) is 6.08. The molecule has 2 aromatic rings. The summed E-state index contributed by atoms with van der Waals surface area (Å²) in [6.07, 6.45) is -5.28. The Balaban J connectivity index is 1.52. The molecule has 2 aromatic carbocycles. The molecule has 0 bridgehead atoms. The number of methoxy groups -OCH3 is 1. The molecule has 6 nitrogen and oxygen atoms in total. The standard InChI is InChI=1S/C22H20Cl2F3N3O3/c1-32-5-4-28-20(31)13-2-3-14-11-30(12-15(14)6-13)19-10-21(33-29-19,22(25,26)27)16-7-17(23)9-18(24)8-16/h2-3,6-9H,4-5,10-12H2,1H3,(H,28,31). The molecule has 11 heteroatoms. The normalized spacial score (nSPS) is 19.8. The van der Waals surface area contributed by atoms with E-state index in [1.165, 1.54) is 18.2 Å². The van der Waals surface area contributed by atoms with Gasteiger partial charge in [-0.05, 0) is 41.5 Å². The number of hydrogen-bond acceptors (Lipinski definition) is 5. The summed E-state index contributed by atoms with van der Waals surface area (Å²) >= 11 is 11.9. The second-order valence-corrected chi connectivity index (χ2v) is 8.72. The smallest absolute Gasteiger partial charge is 0.383 e. The number of alkyl halides is 3. The predicted octanol–water partition coefficient (Wildman–Crippen LogP) is 4.88. The SMILES string of the molecule is COCCNC(=O)c1ccc2c(c1)CN(C1=NOC(c3cc(Cl)cc(Cl)c3)(C(F)(F)F)C1)C2. The van der Waals surface area contributed by atoms with Crippen LogP contribution in [0.15, 0.2) is 41.6 Å². The van der Waals surface area contributed by atoms with Crippen LogP contribution in [0.25, 0.3) is 0 Å². The quantitative estimate of drug-likeness (QED) is 0.593. The number of halogens is 5. The summed E-state index contributed by atoms with van der Waals surface area (Å²) in [4.78, 5) is 19.1. The van der Waals surface area contributed by atoms with Crippen LogP contribution in [-0.2, 0) is 28.3 Å². The number of benzene rings is 2. The molecule has 0 saturated carbocycles. The molecule has 176 valence electrons. The van der Waals surface area contributed by atoms with Crippen molar-refractivity contribution >= 4 is 34.9 Å². The fourth-order valence-electron chi connectivity index (χ4n) is 3.93. The van der Waals surface area contributed by atoms with Crippen LogP contribution in [0.2, 0.25) is 10.0 Å². The highest BCUT2D eigenvalue weighted by Crippen LogP contribution is 2.49. The first-order valence-electron chi connectivity index (χ1n) is 10.1. The van der Waals surface area contributed by atoms with Crippen molar-refractivity contribution in [3.8, 4) is 0 Å². The number of nitrogens with zero attached hydrogens (tertiary/aromatic N) is 2. The van der Waals surface area contributed by atoms with Crippen molar-refractivity contribution in [3.63, 3.8) is 0 Å². The van der Waals surface area contributed by atoms with Gasteiger partial charge in [0.2, 0.25) is 0 Å². The lowest BCUT2D eigenvalue weighted by atomic mass is 9.89. The van der Waals surface area contributed by atoms with Crippen LogP contribution in [0.5, 0.6) is 0 Å². The van der Waals surface area contributed by atoms with E-state index in [0.717, 1.165) is 11.1 Å². The lowest BCUT2D eigenvalue weighted by molar-refractivity contribution is -0.275. The largest absolute Gasteiger partial charge is 0.435 e. The predicted molar refractivity (Wildman–Crippen MR) is 117 cm³/mol. The van der Waals surface area contributed by atoms with Gasteiger partial charge in [0.25, 0.3) is 11.5 Å². The number of ether oxygens (including phenoxy) is 1. The summed E-state index contributed by atoms with van der Waals surface area (Å²) in [6, 6.07) is 8.95. The van der Waals surface area contributed by atoms with Crippen molar-refractivity contribution in [2.75, 3.05) is 20.3 Å². The molecule has 0 spiro atoms. The topological polar surface area (TPSA) is 63.2 Å². The average molecular weight is 502 g/mol. The van der Waals surface area contributed by atoms with E-state index < -0.39 is 18.2 Å². The maximum absolute atomic E-state index is 14.2. The van der Waals surface area contributed by atoms with E-state index in [0.29, 0.717) is 31.8 Å². The molecular weight excluding hydrogens is 482 g/mol. The monoisotopic (exact) mass is 501 g/mol. The van der Waals surface area contributed by atoms with Crippen molar-refractivity contribution in [1.29, 1.82) is 0 Å². The Kier molecular flexibility index (Phi) is 6.48. The molecule has 0 aromatic heterocycles. The Morgan fingerprint density at radius 1 is 1.18 bits per heavy atom. The van der Waals surface area contributed by atoms with E-state index in [9.17, 15) is 18.0 Å². The fourth-order valence-corrected chi connectivity index (χ4v) is 4.46. The van der Waals surface area contributed by atoms with Crippen LogP contribution in [0, 0.1) is 0 Å². The molecule has 1 N–H and O–H groups in total. The van der Waals surface area contributed by atoms with Crippen molar-refractivity contribution in [3.05, 3.63) is 68.7 Å². The lowest BCUT2D eigenvalue weighted by Gasteiger charge is -2.30. The van der Waals surface area contributed by atoms with Crippen LogP contribution in [0.3, 0.4) is 0 Å². The third kappa shape index (κ3) is 4.62. The fraction of sp³-hybridized carbons (Fsp3) is 0.364. The van der Waals surface area contributed by atoms with Crippen LogP contribution in [0.1, 0.15) is 33.5 Å². The first-order valence-corrected chi connectivity index (χ1v) is 10.8. The Bertz CT molecular complexity index is 1090. The maximum Gasteiger partial charge on any atom is 0.435 e. The summed E-state index contributed by atoms with van der Waals surface area (Å²) in [5, 5.41) is 6.70. The lowest BCUT2D eigenvalue weighted by Crippen LogP contribution is -2.43. The van der Waals surface area contributed by atoms with E-state index in [2.05, 4.69) is 10.5 Å². The molecule has 1 unspecified atom stereocenters. The van der Waals surface area contributed by atoms with Gasteiger partial charge in [-0.2, -0.15) is 13.2 Å². The minimum Gasteiger partial charge on any atom is -0.383 e. The zero-order valence-corrected chi connectivity index (χ0v) is 19.0. The number of nitrogens with one attached hydrogen (secondary N) is 1. The number of oxime groups is 1. The molecule has 2 heterocycles. The number of carbonyl (C=O) groups excluding carboxylic acids is 1. The van der Waals surface area contributed by atoms with Crippen molar-refractivity contribution in [2.45, 2.75) is 31.3 Å². The van der Waals surface area contributed by atoms with Gasteiger partial charge >= 0.3 is 6.18 Å². The van der Waals surface area contributed by atoms with Crippen molar-refractivity contribution in [2.24, 2.45) is 5.16 Å². The second kappa shape index (κ2) is 9.04. The summed E-state index contributed by atoms with van der Waals surface area (Å²) in [6.45, 7) is 1.43. The number of carbonyl (C=O) groups is 1. The number of amidine groups is 1. The zero-order valence-electron chi connectivity index (χ0n) is 17.5. The van der Waals surface area contributed by atoms with E-state index in [4.69, 9.17) is 32.8 Å². The van der Waals surface area contributed by atoms with Crippen LogP contribution < -0.4 is 5.32 Å². The third-order valence-electron chi connectivity index (χ3n) is 5.65. The first kappa shape index (κ1) is 23.7. The molecule has 33 heavy (non-hydrogen) atoms. The Hall–Kier alpha value is -2.49. The van der Waals surface area contributed by atoms with Gasteiger partial charge in [-0.1, -0.05) is 34.4 Å². The zero-order chi connectivity index (χ0) is 23.8. The molecule has 4 rings (SSSR count). The number of fused-ring (bicyclic) bond motifs is 1. The van der Waals surface area contributed by atoms with Gasteiger partial charge in [-0.25, -0.2) is 0 Å². The minimum absolute atomic E-state index is 0.0723. The Morgan fingerprint density at radius 3 is 2.55 bits per heavy atom. The minimum atomic E-state index is -4.76. The van der Waals surface area contributed by atoms with E-state index in [-0.39, 0.29) is 27.4 Å². The summed E-state index contributed by atoms with van der Waals surface area (Å²) in [5.41, 5.74) is -0.681. The molecule has 1 atom stereocenters. The number of hydrogen-bond donors (Lipinski definition) is 1. The van der Waals surface area contributed by atoms with Gasteiger partial charge in [0.1, 0.15) is 5.84 Å². The van der Waals surface area contributed by atoms with E-state index >= 15 is 0 Å². The highest BCUT2D eigenvalue weighted by atomic mass is 35.5. The molecular formula is C22H20Cl2F3N3O3. The molecule has 0 radical (unpaired) electrons. The number of rotatable bonds is 5. The van der Waals surface area contributed by atoms with Gasteiger partial charge in [0.15, 0.2) is 0 Å². The Labute approximate surface area is 198 Å². The van der Waals surface area contributed by atoms with E-state index in [1.807, 2.05) is 0 Å². The highest BCUT2D eigenvalue weighted by molar-refractivity contribution is 6.34. The summed E-state index contributed by atoms with van der Waals surface area (Å²) in [7, 11) is 1.54.